The number of sulfonamides is 1. The highest BCUT2D eigenvalue weighted by Crippen LogP contribution is 2.30. The molecule has 0 saturated carbocycles. The van der Waals surface area contributed by atoms with Crippen molar-refractivity contribution in [2.75, 3.05) is 37.4 Å². The summed E-state index contributed by atoms with van der Waals surface area (Å²) in [5, 5.41) is 6.79. The van der Waals surface area contributed by atoms with Crippen LogP contribution in [0.4, 0.5) is 15.8 Å². The van der Waals surface area contributed by atoms with Gasteiger partial charge in [0.15, 0.2) is 10.7 Å². The van der Waals surface area contributed by atoms with E-state index in [0.717, 1.165) is 11.3 Å². The zero-order chi connectivity index (χ0) is 26.7. The summed E-state index contributed by atoms with van der Waals surface area (Å²) in [5.41, 5.74) is 3.24. The molecule has 196 valence electrons. The maximum absolute atomic E-state index is 14.0. The molecule has 1 aliphatic heterocycles. The number of carbonyl (C=O) groups excluding carboxylic acids is 1. The predicted octanol–water partition coefficient (Wildman–Crippen LogP) is 4.71. The van der Waals surface area contributed by atoms with Crippen molar-refractivity contribution >= 4 is 39.5 Å². The van der Waals surface area contributed by atoms with E-state index in [1.165, 1.54) is 22.5 Å². The van der Waals surface area contributed by atoms with Gasteiger partial charge >= 0.3 is 0 Å². The van der Waals surface area contributed by atoms with Crippen LogP contribution in [0.1, 0.15) is 35.4 Å². The molecule has 1 aromatic heterocycles. The molecule has 0 bridgehead atoms. The zero-order valence-corrected chi connectivity index (χ0v) is 22.2. The van der Waals surface area contributed by atoms with Gasteiger partial charge in [0, 0.05) is 44.1 Å². The summed E-state index contributed by atoms with van der Waals surface area (Å²) in [5.74, 6) is -1.15. The Hall–Kier alpha value is -3.50. The van der Waals surface area contributed by atoms with Gasteiger partial charge in [0.05, 0.1) is 5.92 Å². The Bertz CT molecular complexity index is 1430. The van der Waals surface area contributed by atoms with Crippen molar-refractivity contribution in [3.8, 4) is 0 Å². The van der Waals surface area contributed by atoms with Crippen LogP contribution < -0.4 is 10.2 Å². The number of rotatable bonds is 7. The van der Waals surface area contributed by atoms with Gasteiger partial charge in [-0.05, 0) is 62.6 Å². The SMILES string of the molecule is Cc1ccc(NC(=O)C2CCCN(S(=O)(=O)c3c(C)noc3/C=C/c3ccccc3F)C2)cc1N(C)C. The highest BCUT2D eigenvalue weighted by molar-refractivity contribution is 7.89. The van der Waals surface area contributed by atoms with E-state index in [9.17, 15) is 17.6 Å². The van der Waals surface area contributed by atoms with Crippen LogP contribution in [0.3, 0.4) is 0 Å². The average Bonchev–Trinajstić information content (AvgIpc) is 3.25. The lowest BCUT2D eigenvalue weighted by Crippen LogP contribution is -2.43. The summed E-state index contributed by atoms with van der Waals surface area (Å²) in [6, 6.07) is 11.8. The quantitative estimate of drug-likeness (QED) is 0.479. The molecule has 0 radical (unpaired) electrons. The van der Waals surface area contributed by atoms with Crippen LogP contribution in [-0.4, -0.2) is 51.0 Å². The summed E-state index contributed by atoms with van der Waals surface area (Å²) >= 11 is 0. The van der Waals surface area contributed by atoms with Crippen molar-refractivity contribution < 1.29 is 22.1 Å². The number of piperidine rings is 1. The molecule has 3 aromatic rings. The van der Waals surface area contributed by atoms with Gasteiger partial charge in [0.2, 0.25) is 15.9 Å². The van der Waals surface area contributed by atoms with Crippen LogP contribution in [0.5, 0.6) is 0 Å². The van der Waals surface area contributed by atoms with Crippen molar-refractivity contribution in [3.05, 3.63) is 70.9 Å². The van der Waals surface area contributed by atoms with Crippen LogP contribution >= 0.6 is 0 Å². The van der Waals surface area contributed by atoms with E-state index in [1.807, 2.05) is 44.1 Å². The van der Waals surface area contributed by atoms with E-state index in [4.69, 9.17) is 4.52 Å². The summed E-state index contributed by atoms with van der Waals surface area (Å²) in [6.07, 6.45) is 3.97. The predicted molar refractivity (Wildman–Crippen MR) is 142 cm³/mol. The molecule has 1 unspecified atom stereocenters. The smallest absolute Gasteiger partial charge is 0.248 e. The van der Waals surface area contributed by atoms with Gasteiger partial charge in [-0.25, -0.2) is 12.8 Å². The van der Waals surface area contributed by atoms with Crippen molar-refractivity contribution in [1.29, 1.82) is 0 Å². The number of hydrogen-bond donors (Lipinski definition) is 1. The van der Waals surface area contributed by atoms with E-state index in [2.05, 4.69) is 10.5 Å². The molecule has 8 nitrogen and oxygen atoms in total. The van der Waals surface area contributed by atoms with Gasteiger partial charge < -0.3 is 14.7 Å². The van der Waals surface area contributed by atoms with Gasteiger partial charge in [0.25, 0.3) is 0 Å². The third kappa shape index (κ3) is 5.75. The molecule has 0 aliphatic carbocycles. The first-order valence-corrected chi connectivity index (χ1v) is 13.5. The highest BCUT2D eigenvalue weighted by atomic mass is 32.2. The second-order valence-corrected chi connectivity index (χ2v) is 11.3. The van der Waals surface area contributed by atoms with E-state index in [-0.39, 0.29) is 35.3 Å². The lowest BCUT2D eigenvalue weighted by Gasteiger charge is -2.31. The number of hydrogen-bond acceptors (Lipinski definition) is 6. The first kappa shape index (κ1) is 26.6. The van der Waals surface area contributed by atoms with Gasteiger partial charge in [0.1, 0.15) is 11.5 Å². The van der Waals surface area contributed by atoms with Crippen LogP contribution in [0.2, 0.25) is 0 Å². The third-order valence-corrected chi connectivity index (χ3v) is 8.49. The monoisotopic (exact) mass is 526 g/mol. The number of anilines is 2. The topological polar surface area (TPSA) is 95.8 Å². The molecular formula is C27H31FN4O4S. The summed E-state index contributed by atoms with van der Waals surface area (Å²) in [7, 11) is -0.142. The average molecular weight is 527 g/mol. The highest BCUT2D eigenvalue weighted by Gasteiger charge is 2.37. The van der Waals surface area contributed by atoms with Crippen LogP contribution in [0.25, 0.3) is 12.2 Å². The first-order valence-electron chi connectivity index (χ1n) is 12.1. The largest absolute Gasteiger partial charge is 0.377 e. The van der Waals surface area contributed by atoms with Crippen LogP contribution in [0.15, 0.2) is 51.9 Å². The van der Waals surface area contributed by atoms with E-state index in [1.54, 1.807) is 25.1 Å². The molecule has 1 saturated heterocycles. The van der Waals surface area contributed by atoms with Crippen molar-refractivity contribution in [3.63, 3.8) is 0 Å². The molecule has 1 N–H and O–H groups in total. The zero-order valence-electron chi connectivity index (χ0n) is 21.4. The number of aromatic nitrogens is 1. The van der Waals surface area contributed by atoms with E-state index >= 15 is 0 Å². The van der Waals surface area contributed by atoms with Crippen molar-refractivity contribution in [2.24, 2.45) is 5.92 Å². The number of halogens is 1. The maximum atomic E-state index is 14.0. The third-order valence-electron chi connectivity index (χ3n) is 6.46. The second kappa shape index (κ2) is 10.9. The van der Waals surface area contributed by atoms with Crippen molar-refractivity contribution in [2.45, 2.75) is 31.6 Å². The minimum absolute atomic E-state index is 0.0169. The molecule has 1 atom stereocenters. The molecule has 1 amide bonds. The molecule has 2 aromatic carbocycles. The fourth-order valence-corrected chi connectivity index (χ4v) is 6.27. The van der Waals surface area contributed by atoms with Crippen molar-refractivity contribution in [1.82, 2.24) is 9.46 Å². The minimum Gasteiger partial charge on any atom is -0.377 e. The Balaban J connectivity index is 1.53. The van der Waals surface area contributed by atoms with E-state index < -0.39 is 21.8 Å². The molecule has 1 fully saturated rings. The Morgan fingerprint density at radius 1 is 1.19 bits per heavy atom. The maximum Gasteiger partial charge on any atom is 0.248 e. The fraction of sp³-hybridized carbons (Fsp3) is 0.333. The molecule has 37 heavy (non-hydrogen) atoms. The van der Waals surface area contributed by atoms with Gasteiger partial charge in [-0.2, -0.15) is 4.31 Å². The number of amides is 1. The Morgan fingerprint density at radius 3 is 2.68 bits per heavy atom. The molecule has 2 heterocycles. The van der Waals surface area contributed by atoms with Gasteiger partial charge in [-0.3, -0.25) is 4.79 Å². The molecule has 0 spiro atoms. The summed E-state index contributed by atoms with van der Waals surface area (Å²) in [4.78, 5) is 15.0. The Kier molecular flexibility index (Phi) is 7.79. The number of nitrogens with one attached hydrogen (secondary N) is 1. The minimum atomic E-state index is -4.01. The number of benzene rings is 2. The Morgan fingerprint density at radius 2 is 1.95 bits per heavy atom. The number of carbonyl (C=O) groups is 1. The number of aryl methyl sites for hydroxylation is 2. The Labute approximate surface area is 216 Å². The fourth-order valence-electron chi connectivity index (χ4n) is 4.49. The summed E-state index contributed by atoms with van der Waals surface area (Å²) in [6.45, 7) is 3.87. The van der Waals surface area contributed by atoms with E-state index in [0.29, 0.717) is 24.1 Å². The molecular weight excluding hydrogens is 495 g/mol. The second-order valence-electron chi connectivity index (χ2n) is 9.40. The lowest BCUT2D eigenvalue weighted by molar-refractivity contribution is -0.120. The van der Waals surface area contributed by atoms with Crippen LogP contribution in [-0.2, 0) is 14.8 Å². The molecule has 10 heteroatoms. The molecule has 4 rings (SSSR count). The summed E-state index contributed by atoms with van der Waals surface area (Å²) < 4.78 is 47.9. The standard InChI is InChI=1S/C27H31FN4O4S/c1-18-11-13-22(16-24(18)31(3)4)29-27(33)21-9-7-15-32(17-21)37(34,35)26-19(2)30-36-25(26)14-12-20-8-5-6-10-23(20)28/h5-6,8,10-14,16,21H,7,9,15,17H2,1-4H3,(H,29,33)/b14-12+. The first-order chi connectivity index (χ1) is 17.6. The molecule has 1 aliphatic rings. The van der Waals surface area contributed by atoms with Gasteiger partial charge in [-0.1, -0.05) is 29.4 Å². The normalized spacial score (nSPS) is 16.7. The van der Waals surface area contributed by atoms with Crippen LogP contribution in [0, 0.1) is 25.6 Å². The number of nitrogens with zero attached hydrogens (tertiary/aromatic N) is 3. The van der Waals surface area contributed by atoms with Gasteiger partial charge in [-0.15, -0.1) is 0 Å². The lowest BCUT2D eigenvalue weighted by atomic mass is 9.98.